The molecule has 1 saturated carbocycles. The van der Waals surface area contributed by atoms with Gasteiger partial charge in [-0.05, 0) is 78.6 Å². The molecule has 1 aliphatic carbocycles. The highest BCUT2D eigenvalue weighted by molar-refractivity contribution is 6.12. The number of furan rings is 1. The first-order valence-electron chi connectivity index (χ1n) is 10.7. The van der Waals surface area contributed by atoms with E-state index in [9.17, 15) is 4.39 Å². The summed E-state index contributed by atoms with van der Waals surface area (Å²) in [6.45, 7) is 2.10. The molecule has 0 aliphatic heterocycles. The Morgan fingerprint density at radius 1 is 0.900 bits per heavy atom. The number of aromatic nitrogens is 1. The molecular formula is C27H22FNO. The molecule has 0 amide bonds. The molecule has 0 bridgehead atoms. The van der Waals surface area contributed by atoms with Crippen LogP contribution in [0.4, 0.5) is 4.39 Å². The highest BCUT2D eigenvalue weighted by atomic mass is 19.1. The molecule has 2 nitrogen and oxygen atoms in total. The highest BCUT2D eigenvalue weighted by Gasteiger charge is 2.24. The van der Waals surface area contributed by atoms with E-state index in [1.807, 2.05) is 36.5 Å². The van der Waals surface area contributed by atoms with Crippen molar-refractivity contribution in [1.82, 2.24) is 4.98 Å². The maximum Gasteiger partial charge on any atom is 0.144 e. The summed E-state index contributed by atoms with van der Waals surface area (Å²) in [7, 11) is 0. The molecule has 30 heavy (non-hydrogen) atoms. The van der Waals surface area contributed by atoms with Gasteiger partial charge in [0.25, 0.3) is 0 Å². The summed E-state index contributed by atoms with van der Waals surface area (Å²) >= 11 is 0. The molecular weight excluding hydrogens is 373 g/mol. The molecule has 148 valence electrons. The number of hydrogen-bond donors (Lipinski definition) is 0. The summed E-state index contributed by atoms with van der Waals surface area (Å²) in [4.78, 5) is 4.75. The summed E-state index contributed by atoms with van der Waals surface area (Å²) in [5.74, 6) is 0.206. The van der Waals surface area contributed by atoms with Gasteiger partial charge < -0.3 is 4.42 Å². The van der Waals surface area contributed by atoms with Crippen molar-refractivity contribution in [2.24, 2.45) is 0 Å². The van der Waals surface area contributed by atoms with E-state index in [4.69, 9.17) is 9.40 Å². The second-order valence-corrected chi connectivity index (χ2v) is 8.48. The van der Waals surface area contributed by atoms with Gasteiger partial charge in [0.1, 0.15) is 17.0 Å². The van der Waals surface area contributed by atoms with Crippen molar-refractivity contribution in [3.8, 4) is 11.3 Å². The first-order chi connectivity index (χ1) is 14.7. The molecule has 3 aromatic carbocycles. The Morgan fingerprint density at radius 2 is 1.73 bits per heavy atom. The van der Waals surface area contributed by atoms with Gasteiger partial charge in [0.15, 0.2) is 0 Å². The van der Waals surface area contributed by atoms with E-state index in [2.05, 4.69) is 25.1 Å². The third-order valence-electron chi connectivity index (χ3n) is 6.57. The number of benzene rings is 3. The third kappa shape index (κ3) is 2.58. The molecule has 1 aliphatic rings. The maximum atomic E-state index is 14.9. The Balaban J connectivity index is 1.68. The van der Waals surface area contributed by atoms with Gasteiger partial charge >= 0.3 is 0 Å². The fourth-order valence-electron chi connectivity index (χ4n) is 5.24. The summed E-state index contributed by atoms with van der Waals surface area (Å²) in [5.41, 5.74) is 5.56. The lowest BCUT2D eigenvalue weighted by atomic mass is 9.90. The van der Waals surface area contributed by atoms with Crippen LogP contribution in [0.15, 0.2) is 65.2 Å². The van der Waals surface area contributed by atoms with Crippen LogP contribution < -0.4 is 0 Å². The van der Waals surface area contributed by atoms with Crippen LogP contribution in [-0.4, -0.2) is 4.98 Å². The van der Waals surface area contributed by atoms with Crippen LogP contribution in [0, 0.1) is 12.7 Å². The van der Waals surface area contributed by atoms with Crippen LogP contribution in [0.25, 0.3) is 44.0 Å². The zero-order chi connectivity index (χ0) is 20.2. The predicted molar refractivity (Wildman–Crippen MR) is 120 cm³/mol. The minimum atomic E-state index is -0.0929. The van der Waals surface area contributed by atoms with Crippen LogP contribution in [-0.2, 0) is 0 Å². The summed E-state index contributed by atoms with van der Waals surface area (Å²) < 4.78 is 21.2. The Kier molecular flexibility index (Phi) is 3.92. The predicted octanol–water partition coefficient (Wildman–Crippen LogP) is 7.91. The van der Waals surface area contributed by atoms with E-state index in [-0.39, 0.29) is 5.82 Å². The quantitative estimate of drug-likeness (QED) is 0.303. The fraction of sp³-hybridized carbons (Fsp3) is 0.222. The molecule has 2 aromatic heterocycles. The van der Waals surface area contributed by atoms with Crippen molar-refractivity contribution < 1.29 is 8.81 Å². The zero-order valence-corrected chi connectivity index (χ0v) is 16.9. The number of fused-ring (bicyclic) bond motifs is 4. The lowest BCUT2D eigenvalue weighted by Crippen LogP contribution is -2.00. The highest BCUT2D eigenvalue weighted by Crippen LogP contribution is 2.42. The molecule has 5 aromatic rings. The molecule has 0 N–H and O–H groups in total. The third-order valence-corrected chi connectivity index (χ3v) is 6.57. The van der Waals surface area contributed by atoms with E-state index < -0.39 is 0 Å². The van der Waals surface area contributed by atoms with Crippen LogP contribution in [0.2, 0.25) is 0 Å². The van der Waals surface area contributed by atoms with E-state index in [1.54, 1.807) is 6.07 Å². The topological polar surface area (TPSA) is 26.0 Å². The number of halogens is 1. The number of nitrogens with zero attached hydrogens (tertiary/aromatic N) is 1. The summed E-state index contributed by atoms with van der Waals surface area (Å²) in [6.07, 6.45) is 6.29. The molecule has 0 radical (unpaired) electrons. The van der Waals surface area contributed by atoms with Crippen molar-refractivity contribution in [2.45, 2.75) is 38.5 Å². The summed E-state index contributed by atoms with van der Waals surface area (Å²) in [5, 5.41) is 4.18. The average Bonchev–Trinajstić information content (AvgIpc) is 3.41. The van der Waals surface area contributed by atoms with Gasteiger partial charge in [0, 0.05) is 27.9 Å². The SMILES string of the molecule is Cc1cc(-c2nccc3c(C4CCCC4)c(F)ccc23)c2oc3ccccc3c2c1. The average molecular weight is 395 g/mol. The van der Waals surface area contributed by atoms with Gasteiger partial charge in [-0.25, -0.2) is 4.39 Å². The molecule has 0 saturated heterocycles. The van der Waals surface area contributed by atoms with E-state index in [0.717, 1.165) is 67.9 Å². The number of hydrogen-bond acceptors (Lipinski definition) is 2. The minimum absolute atomic E-state index is 0.0929. The fourth-order valence-corrected chi connectivity index (χ4v) is 5.24. The number of aryl methyl sites for hydroxylation is 1. The first-order valence-corrected chi connectivity index (χ1v) is 10.7. The van der Waals surface area contributed by atoms with Gasteiger partial charge in [-0.1, -0.05) is 31.0 Å². The van der Waals surface area contributed by atoms with Crippen LogP contribution in [0.1, 0.15) is 42.7 Å². The molecule has 3 heteroatoms. The maximum absolute atomic E-state index is 14.9. The second kappa shape index (κ2) is 6.66. The van der Waals surface area contributed by atoms with E-state index in [1.165, 1.54) is 12.8 Å². The van der Waals surface area contributed by atoms with Gasteiger partial charge in [-0.3, -0.25) is 4.98 Å². The van der Waals surface area contributed by atoms with Crippen molar-refractivity contribution in [3.63, 3.8) is 0 Å². The zero-order valence-electron chi connectivity index (χ0n) is 16.9. The van der Waals surface area contributed by atoms with E-state index in [0.29, 0.717) is 5.92 Å². The molecule has 6 rings (SSSR count). The molecule has 2 heterocycles. The van der Waals surface area contributed by atoms with Crippen molar-refractivity contribution >= 4 is 32.7 Å². The molecule has 0 spiro atoms. The van der Waals surface area contributed by atoms with Crippen molar-refractivity contribution in [2.75, 3.05) is 0 Å². The molecule has 1 fully saturated rings. The monoisotopic (exact) mass is 395 g/mol. The molecule has 0 unspecified atom stereocenters. The van der Waals surface area contributed by atoms with Gasteiger partial charge in [0.2, 0.25) is 0 Å². The van der Waals surface area contributed by atoms with Crippen molar-refractivity contribution in [1.29, 1.82) is 0 Å². The Labute approximate surface area is 174 Å². The van der Waals surface area contributed by atoms with E-state index >= 15 is 0 Å². The Bertz CT molecular complexity index is 1430. The first kappa shape index (κ1) is 17.6. The minimum Gasteiger partial charge on any atom is -0.455 e. The van der Waals surface area contributed by atoms with Gasteiger partial charge in [-0.15, -0.1) is 0 Å². The lowest BCUT2D eigenvalue weighted by Gasteiger charge is -2.16. The van der Waals surface area contributed by atoms with Crippen LogP contribution in [0.3, 0.4) is 0 Å². The normalized spacial score (nSPS) is 15.0. The lowest BCUT2D eigenvalue weighted by molar-refractivity contribution is 0.585. The number of rotatable bonds is 2. The standard InChI is InChI=1S/C27H22FNO/c1-16-14-21-18-8-4-5-9-24(18)30-27(21)22(15-16)26-20-10-11-23(28)25(17-6-2-3-7-17)19(20)12-13-29-26/h4-5,8-15,17H,2-3,6-7H2,1H3. The van der Waals surface area contributed by atoms with Crippen LogP contribution >= 0.6 is 0 Å². The smallest absolute Gasteiger partial charge is 0.144 e. The Hall–Kier alpha value is -3.20. The Morgan fingerprint density at radius 3 is 2.60 bits per heavy atom. The van der Waals surface area contributed by atoms with Gasteiger partial charge in [-0.2, -0.15) is 0 Å². The second-order valence-electron chi connectivity index (χ2n) is 8.48. The number of pyridine rings is 1. The number of para-hydroxylation sites is 1. The van der Waals surface area contributed by atoms with Gasteiger partial charge in [0.05, 0.1) is 5.69 Å². The largest absolute Gasteiger partial charge is 0.455 e. The summed E-state index contributed by atoms with van der Waals surface area (Å²) in [6, 6.07) is 17.9. The molecule has 0 atom stereocenters. The van der Waals surface area contributed by atoms with Crippen LogP contribution in [0.5, 0.6) is 0 Å². The van der Waals surface area contributed by atoms with Crippen molar-refractivity contribution in [3.05, 3.63) is 77.7 Å².